The summed E-state index contributed by atoms with van der Waals surface area (Å²) in [5.74, 6) is -0.894. The van der Waals surface area contributed by atoms with Gasteiger partial charge < -0.3 is 30.3 Å². The molecule has 6 rings (SSSR count). The molecule has 1 aliphatic carbocycles. The Morgan fingerprint density at radius 3 is 2.48 bits per heavy atom. The highest BCUT2D eigenvalue weighted by molar-refractivity contribution is 6.53. The van der Waals surface area contributed by atoms with Gasteiger partial charge in [0.1, 0.15) is 11.8 Å². The average molecular weight is 815 g/mol. The van der Waals surface area contributed by atoms with Gasteiger partial charge in [0.2, 0.25) is 17.6 Å². The van der Waals surface area contributed by atoms with E-state index >= 15 is 0 Å². The summed E-state index contributed by atoms with van der Waals surface area (Å²) in [6.07, 6.45) is 7.49. The predicted octanol–water partition coefficient (Wildman–Crippen LogP) is 4.82. The van der Waals surface area contributed by atoms with Gasteiger partial charge in [-0.05, 0) is 73.1 Å². The number of aliphatic hydroxyl groups is 1. The lowest BCUT2D eigenvalue weighted by Crippen LogP contribution is -2.40. The number of benzene rings is 3. The van der Waals surface area contributed by atoms with Crippen molar-refractivity contribution in [3.63, 3.8) is 0 Å². The van der Waals surface area contributed by atoms with Crippen LogP contribution >= 0.6 is 0 Å². The maximum absolute atomic E-state index is 12.9. The van der Waals surface area contributed by atoms with E-state index < -0.39 is 18.1 Å². The van der Waals surface area contributed by atoms with Crippen LogP contribution in [0, 0.1) is 0 Å². The fraction of sp³-hybridized carbons (Fsp3) is 0.362. The van der Waals surface area contributed by atoms with E-state index in [-0.39, 0.29) is 48.4 Å². The number of rotatable bonds is 18. The van der Waals surface area contributed by atoms with Crippen LogP contribution < -0.4 is 16.0 Å². The maximum atomic E-state index is 12.9. The molecule has 2 atom stereocenters. The number of nitrogens with zero attached hydrogens (tertiary/aromatic N) is 3. The van der Waals surface area contributed by atoms with Gasteiger partial charge in [-0.1, -0.05) is 78.9 Å². The predicted molar refractivity (Wildman–Crippen MR) is 231 cm³/mol. The van der Waals surface area contributed by atoms with Crippen LogP contribution in [0.1, 0.15) is 43.7 Å². The molecule has 2 aliphatic heterocycles. The zero-order valence-corrected chi connectivity index (χ0v) is 34.3. The molecule has 0 spiro atoms. The van der Waals surface area contributed by atoms with Crippen molar-refractivity contribution in [1.29, 1.82) is 0 Å². The number of hydrogen-bond acceptors (Lipinski definition) is 9. The first-order valence-electron chi connectivity index (χ1n) is 20.6. The molecule has 4 amide bonds. The quantitative estimate of drug-likeness (QED) is 0.104. The second-order valence-corrected chi connectivity index (χ2v) is 15.5. The van der Waals surface area contributed by atoms with Crippen molar-refractivity contribution in [2.45, 2.75) is 63.7 Å². The summed E-state index contributed by atoms with van der Waals surface area (Å²) < 4.78 is 5.76. The molecule has 0 aromatic heterocycles. The number of ether oxygens (including phenoxy) is 1. The summed E-state index contributed by atoms with van der Waals surface area (Å²) in [5, 5.41) is 20.1. The van der Waals surface area contributed by atoms with Gasteiger partial charge in [-0.15, -0.1) is 0 Å². The van der Waals surface area contributed by atoms with E-state index in [1.807, 2.05) is 85.8 Å². The van der Waals surface area contributed by atoms with E-state index in [0.717, 1.165) is 35.3 Å². The Labute approximate surface area is 351 Å². The number of nitrogens with one attached hydrogen (secondary N) is 3. The number of fused-ring (bicyclic) bond motifs is 1. The highest BCUT2D eigenvalue weighted by atomic mass is 16.6. The average Bonchev–Trinajstić information content (AvgIpc) is 3.24. The Balaban J connectivity index is 0.828. The highest BCUT2D eigenvalue weighted by Crippen LogP contribution is 2.28. The number of dihydropyridines is 1. The number of carbonyl (C=O) groups is 5. The third kappa shape index (κ3) is 12.5. The minimum Gasteiger partial charge on any atom is -0.446 e. The van der Waals surface area contributed by atoms with Gasteiger partial charge in [-0.2, -0.15) is 0 Å². The van der Waals surface area contributed by atoms with E-state index in [9.17, 15) is 29.1 Å². The van der Waals surface area contributed by atoms with E-state index in [0.29, 0.717) is 68.6 Å². The first-order chi connectivity index (χ1) is 29.0. The molecule has 0 unspecified atom stereocenters. The van der Waals surface area contributed by atoms with E-state index in [1.54, 1.807) is 18.0 Å². The molecule has 3 aliphatic rings. The molecule has 314 valence electrons. The number of likely N-dealkylation sites (tertiary alicyclic amines) is 1. The zero-order valence-electron chi connectivity index (χ0n) is 34.3. The van der Waals surface area contributed by atoms with Crippen LogP contribution in [0.3, 0.4) is 0 Å². The van der Waals surface area contributed by atoms with Crippen LogP contribution in [0.2, 0.25) is 0 Å². The Morgan fingerprint density at radius 2 is 1.68 bits per heavy atom. The van der Waals surface area contributed by atoms with Gasteiger partial charge in [0, 0.05) is 76.0 Å². The molecule has 1 fully saturated rings. The summed E-state index contributed by atoms with van der Waals surface area (Å²) in [7, 11) is 1.79. The number of aliphatic hydroxyl groups excluding tert-OH is 1. The molecule has 1 saturated heterocycles. The summed E-state index contributed by atoms with van der Waals surface area (Å²) in [4.78, 5) is 70.0. The number of amides is 4. The number of aliphatic imine (C=N–C) groups is 1. The SMILES string of the molecule is C[C@@H](Cc1cccc(CC(=O)NCCCN(C)C(=O)CCN2CCC(OC(=O)Nc3ccccc3-c3ccccc3)CC2)c1)NC[C@H](O)C1=C2C=CC(=O)N=C2C(=O)C=C1. The number of anilines is 1. The molecule has 0 saturated carbocycles. The summed E-state index contributed by atoms with van der Waals surface area (Å²) in [5.41, 5.74) is 5.64. The molecule has 2 heterocycles. The Kier molecular flexibility index (Phi) is 15.5. The molecular formula is C47H54N6O7. The van der Waals surface area contributed by atoms with Gasteiger partial charge in [0.15, 0.2) is 0 Å². The summed E-state index contributed by atoms with van der Waals surface area (Å²) >= 11 is 0. The third-order valence-electron chi connectivity index (χ3n) is 10.9. The van der Waals surface area contributed by atoms with Crippen molar-refractivity contribution >= 4 is 41.0 Å². The first-order valence-corrected chi connectivity index (χ1v) is 20.6. The maximum Gasteiger partial charge on any atom is 0.411 e. The van der Waals surface area contributed by atoms with E-state index in [2.05, 4.69) is 25.8 Å². The van der Waals surface area contributed by atoms with Crippen LogP contribution in [-0.2, 0) is 36.8 Å². The lowest BCUT2D eigenvalue weighted by molar-refractivity contribution is -0.130. The number of piperidine rings is 1. The number of carbonyl (C=O) groups excluding carboxylic acids is 5. The van der Waals surface area contributed by atoms with E-state index in [4.69, 9.17) is 4.74 Å². The number of ketones is 1. The molecule has 13 heteroatoms. The molecule has 0 bridgehead atoms. The molecule has 3 aromatic rings. The largest absolute Gasteiger partial charge is 0.446 e. The monoisotopic (exact) mass is 814 g/mol. The number of allylic oxidation sites excluding steroid dienone is 3. The van der Waals surface area contributed by atoms with Crippen LogP contribution in [0.25, 0.3) is 11.1 Å². The minimum absolute atomic E-state index is 0.00162. The van der Waals surface area contributed by atoms with Crippen LogP contribution in [-0.4, -0.2) is 115 Å². The second-order valence-electron chi connectivity index (χ2n) is 15.5. The fourth-order valence-electron chi connectivity index (χ4n) is 7.57. The zero-order chi connectivity index (χ0) is 42.4. The van der Waals surface area contributed by atoms with Crippen LogP contribution in [0.5, 0.6) is 0 Å². The van der Waals surface area contributed by atoms with E-state index in [1.165, 1.54) is 18.2 Å². The van der Waals surface area contributed by atoms with Gasteiger partial charge in [-0.3, -0.25) is 24.5 Å². The van der Waals surface area contributed by atoms with Gasteiger partial charge in [0.25, 0.3) is 5.91 Å². The standard InChI is InChI=1S/C47H54N6O7/c1-32(49-31-42(55)38-16-18-41(54)46-39(38)17-19-43(56)51-46)28-33-10-8-11-34(29-33)30-44(57)48-23-9-24-52(2)45(58)22-27-53-25-20-36(21-26-53)60-47(59)50-40-15-7-6-14-37(40)35-12-4-3-5-13-35/h3-8,10-19,29,32,36,42,49,55H,9,20-28,30-31H2,1-2H3,(H,48,57)(H,50,59)/t32-,42-/m0/s1. The molecule has 60 heavy (non-hydrogen) atoms. The normalized spacial score (nSPS) is 16.5. The fourth-order valence-corrected chi connectivity index (χ4v) is 7.57. The Hall–Kier alpha value is -6.02. The summed E-state index contributed by atoms with van der Waals surface area (Å²) in [6, 6.07) is 25.4. The lowest BCUT2D eigenvalue weighted by Gasteiger charge is -2.31. The van der Waals surface area contributed by atoms with Crippen LogP contribution in [0.15, 0.2) is 119 Å². The molecular weight excluding hydrogens is 761 g/mol. The smallest absolute Gasteiger partial charge is 0.411 e. The minimum atomic E-state index is -0.906. The summed E-state index contributed by atoms with van der Waals surface area (Å²) in [6.45, 7) is 5.36. The number of para-hydroxylation sites is 1. The topological polar surface area (TPSA) is 170 Å². The number of hydrogen-bond donors (Lipinski definition) is 4. The third-order valence-corrected chi connectivity index (χ3v) is 10.9. The van der Waals surface area contributed by atoms with Crippen molar-refractivity contribution in [1.82, 2.24) is 20.4 Å². The van der Waals surface area contributed by atoms with Crippen molar-refractivity contribution in [3.8, 4) is 11.1 Å². The molecule has 4 N–H and O–H groups in total. The van der Waals surface area contributed by atoms with Gasteiger partial charge in [-0.25, -0.2) is 9.79 Å². The Morgan fingerprint density at radius 1 is 0.933 bits per heavy atom. The van der Waals surface area contributed by atoms with Crippen molar-refractivity contribution in [3.05, 3.63) is 125 Å². The van der Waals surface area contributed by atoms with Gasteiger partial charge in [0.05, 0.1) is 18.2 Å². The molecule has 0 radical (unpaired) electrons. The van der Waals surface area contributed by atoms with Crippen molar-refractivity contribution < 1.29 is 33.8 Å². The van der Waals surface area contributed by atoms with Crippen molar-refractivity contribution in [2.75, 3.05) is 51.6 Å². The van der Waals surface area contributed by atoms with Crippen molar-refractivity contribution in [2.24, 2.45) is 4.99 Å². The highest BCUT2D eigenvalue weighted by Gasteiger charge is 2.27. The van der Waals surface area contributed by atoms with Gasteiger partial charge >= 0.3 is 6.09 Å². The first kappa shape index (κ1) is 43.6. The lowest BCUT2D eigenvalue weighted by atomic mass is 9.89. The molecule has 3 aromatic carbocycles. The van der Waals surface area contributed by atoms with Crippen LogP contribution in [0.4, 0.5) is 10.5 Å². The second kappa shape index (κ2) is 21.3. The Bertz CT molecular complexity index is 2160. The molecule has 13 nitrogen and oxygen atoms in total.